The van der Waals surface area contributed by atoms with E-state index in [4.69, 9.17) is 4.74 Å². The second-order valence-electron chi connectivity index (χ2n) is 6.31. The number of nitrogens with zero attached hydrogens (tertiary/aromatic N) is 4. The standard InChI is InChI=1S/C19H20N4O2/c1-25-19(24)17-8-5-9-22(17)12-14-10-20-18-16(11-21-23(18)13-14)15-6-3-2-4-7-15/h2-4,6-7,10-11,13,17H,5,8-9,12H2,1H3/t17-/m0/s1. The van der Waals surface area contributed by atoms with E-state index in [1.54, 1.807) is 4.52 Å². The third kappa shape index (κ3) is 3.00. The largest absolute Gasteiger partial charge is 0.468 e. The molecule has 6 nitrogen and oxygen atoms in total. The Morgan fingerprint density at radius 1 is 1.28 bits per heavy atom. The van der Waals surface area contributed by atoms with Crippen LogP contribution in [0, 0.1) is 0 Å². The predicted molar refractivity (Wildman–Crippen MR) is 93.9 cm³/mol. The molecule has 1 aliphatic rings. The van der Waals surface area contributed by atoms with Gasteiger partial charge in [0.25, 0.3) is 0 Å². The molecule has 1 atom stereocenters. The number of ether oxygens (including phenoxy) is 1. The van der Waals surface area contributed by atoms with Crippen molar-refractivity contribution in [2.24, 2.45) is 0 Å². The second kappa shape index (κ2) is 6.64. The Hall–Kier alpha value is -2.73. The number of esters is 1. The molecule has 0 N–H and O–H groups in total. The SMILES string of the molecule is COC(=O)[C@@H]1CCCN1Cc1cnc2c(-c3ccccc3)cnn2c1. The van der Waals surface area contributed by atoms with Crippen LogP contribution in [0.3, 0.4) is 0 Å². The van der Waals surface area contributed by atoms with Crippen molar-refractivity contribution in [2.45, 2.75) is 25.4 Å². The molecule has 2 aromatic heterocycles. The average molecular weight is 336 g/mol. The number of rotatable bonds is 4. The van der Waals surface area contributed by atoms with Crippen LogP contribution in [0.4, 0.5) is 0 Å². The monoisotopic (exact) mass is 336 g/mol. The van der Waals surface area contributed by atoms with Crippen molar-refractivity contribution in [3.05, 3.63) is 54.5 Å². The molecule has 0 bridgehead atoms. The van der Waals surface area contributed by atoms with E-state index < -0.39 is 0 Å². The summed E-state index contributed by atoms with van der Waals surface area (Å²) in [7, 11) is 1.45. The molecule has 4 rings (SSSR count). The third-order valence-electron chi connectivity index (χ3n) is 4.72. The number of hydrogen-bond donors (Lipinski definition) is 0. The maximum absolute atomic E-state index is 11.9. The van der Waals surface area contributed by atoms with Crippen LogP contribution in [0.1, 0.15) is 18.4 Å². The smallest absolute Gasteiger partial charge is 0.323 e. The van der Waals surface area contributed by atoms with Crippen molar-refractivity contribution in [3.8, 4) is 11.1 Å². The Morgan fingerprint density at radius 3 is 2.92 bits per heavy atom. The maximum atomic E-state index is 11.9. The molecule has 3 heterocycles. The van der Waals surface area contributed by atoms with Crippen molar-refractivity contribution in [1.29, 1.82) is 0 Å². The lowest BCUT2D eigenvalue weighted by Crippen LogP contribution is -2.36. The molecule has 1 fully saturated rings. The predicted octanol–water partition coefficient (Wildman–Crippen LogP) is 2.53. The Labute approximate surface area is 146 Å². The minimum atomic E-state index is -0.156. The average Bonchev–Trinajstić information content (AvgIpc) is 3.28. The fourth-order valence-corrected chi connectivity index (χ4v) is 3.47. The van der Waals surface area contributed by atoms with Crippen molar-refractivity contribution in [1.82, 2.24) is 19.5 Å². The van der Waals surface area contributed by atoms with Gasteiger partial charge in [-0.15, -0.1) is 0 Å². The Morgan fingerprint density at radius 2 is 2.12 bits per heavy atom. The van der Waals surface area contributed by atoms with E-state index in [1.165, 1.54) is 7.11 Å². The molecule has 25 heavy (non-hydrogen) atoms. The summed E-state index contributed by atoms with van der Waals surface area (Å²) in [5.74, 6) is -0.156. The van der Waals surface area contributed by atoms with E-state index in [-0.39, 0.29) is 12.0 Å². The quantitative estimate of drug-likeness (QED) is 0.685. The number of hydrogen-bond acceptors (Lipinski definition) is 5. The zero-order valence-electron chi connectivity index (χ0n) is 14.1. The number of benzene rings is 1. The summed E-state index contributed by atoms with van der Waals surface area (Å²) in [4.78, 5) is 18.6. The highest BCUT2D eigenvalue weighted by atomic mass is 16.5. The van der Waals surface area contributed by atoms with Gasteiger partial charge in [0.1, 0.15) is 6.04 Å². The lowest BCUT2D eigenvalue weighted by Gasteiger charge is -2.22. The highest BCUT2D eigenvalue weighted by Gasteiger charge is 2.31. The van der Waals surface area contributed by atoms with Crippen LogP contribution in [-0.4, -0.2) is 45.2 Å². The molecule has 6 heteroatoms. The van der Waals surface area contributed by atoms with Crippen LogP contribution in [0.15, 0.2) is 48.9 Å². The van der Waals surface area contributed by atoms with Gasteiger partial charge in [-0.2, -0.15) is 5.10 Å². The number of aromatic nitrogens is 3. The Bertz CT molecular complexity index is 891. The Balaban J connectivity index is 1.59. The van der Waals surface area contributed by atoms with E-state index in [1.807, 2.05) is 36.8 Å². The fourth-order valence-electron chi connectivity index (χ4n) is 3.47. The summed E-state index contributed by atoms with van der Waals surface area (Å²) >= 11 is 0. The molecule has 128 valence electrons. The number of fused-ring (bicyclic) bond motifs is 1. The molecule has 0 radical (unpaired) electrons. The molecule has 0 unspecified atom stereocenters. The fraction of sp³-hybridized carbons (Fsp3) is 0.316. The lowest BCUT2D eigenvalue weighted by atomic mass is 10.1. The summed E-state index contributed by atoms with van der Waals surface area (Å²) in [6.45, 7) is 1.56. The first kappa shape index (κ1) is 15.8. The van der Waals surface area contributed by atoms with Crippen LogP contribution in [0.2, 0.25) is 0 Å². The van der Waals surface area contributed by atoms with Gasteiger partial charge in [0.2, 0.25) is 0 Å². The van der Waals surface area contributed by atoms with Crippen LogP contribution >= 0.6 is 0 Å². The molecule has 0 spiro atoms. The zero-order valence-corrected chi connectivity index (χ0v) is 14.1. The molecule has 0 amide bonds. The molecule has 1 aromatic carbocycles. The lowest BCUT2D eigenvalue weighted by molar-refractivity contribution is -0.146. The third-order valence-corrected chi connectivity index (χ3v) is 4.72. The first-order valence-electron chi connectivity index (χ1n) is 8.46. The second-order valence-corrected chi connectivity index (χ2v) is 6.31. The summed E-state index contributed by atoms with van der Waals surface area (Å²) in [5.41, 5.74) is 3.98. The van der Waals surface area contributed by atoms with Crippen molar-refractivity contribution in [2.75, 3.05) is 13.7 Å². The molecule has 0 aliphatic carbocycles. The van der Waals surface area contributed by atoms with Gasteiger partial charge in [-0.05, 0) is 24.9 Å². The maximum Gasteiger partial charge on any atom is 0.323 e. The normalized spacial score (nSPS) is 17.9. The van der Waals surface area contributed by atoms with Gasteiger partial charge in [0.15, 0.2) is 5.65 Å². The van der Waals surface area contributed by atoms with Crippen LogP contribution < -0.4 is 0 Å². The van der Waals surface area contributed by atoms with Crippen LogP contribution in [0.25, 0.3) is 16.8 Å². The van der Waals surface area contributed by atoms with E-state index in [2.05, 4.69) is 27.1 Å². The summed E-state index contributed by atoms with van der Waals surface area (Å²) in [6.07, 6.45) is 7.56. The van der Waals surface area contributed by atoms with E-state index in [0.717, 1.165) is 41.7 Å². The van der Waals surface area contributed by atoms with Gasteiger partial charge >= 0.3 is 5.97 Å². The zero-order chi connectivity index (χ0) is 17.2. The van der Waals surface area contributed by atoms with Crippen LogP contribution in [-0.2, 0) is 16.1 Å². The van der Waals surface area contributed by atoms with E-state index in [9.17, 15) is 4.79 Å². The van der Waals surface area contributed by atoms with Gasteiger partial charge in [0.05, 0.1) is 13.3 Å². The van der Waals surface area contributed by atoms with Gasteiger partial charge < -0.3 is 4.74 Å². The summed E-state index contributed by atoms with van der Waals surface area (Å²) in [6, 6.07) is 9.96. The molecule has 3 aromatic rings. The van der Waals surface area contributed by atoms with Gasteiger partial charge in [-0.3, -0.25) is 9.69 Å². The highest BCUT2D eigenvalue weighted by Crippen LogP contribution is 2.24. The molecule has 0 saturated carbocycles. The van der Waals surface area contributed by atoms with Crippen molar-refractivity contribution >= 4 is 11.6 Å². The number of carbonyl (C=O) groups is 1. The van der Waals surface area contributed by atoms with Crippen molar-refractivity contribution < 1.29 is 9.53 Å². The van der Waals surface area contributed by atoms with Crippen LogP contribution in [0.5, 0.6) is 0 Å². The summed E-state index contributed by atoms with van der Waals surface area (Å²) in [5, 5.41) is 4.44. The van der Waals surface area contributed by atoms with Crippen molar-refractivity contribution in [3.63, 3.8) is 0 Å². The minimum absolute atomic E-state index is 0.154. The molecule has 1 aliphatic heterocycles. The first-order chi connectivity index (χ1) is 12.3. The summed E-state index contributed by atoms with van der Waals surface area (Å²) < 4.78 is 6.72. The topological polar surface area (TPSA) is 59.7 Å². The Kier molecular flexibility index (Phi) is 4.19. The van der Waals surface area contributed by atoms with Gasteiger partial charge in [-0.25, -0.2) is 9.50 Å². The van der Waals surface area contributed by atoms with Gasteiger partial charge in [0, 0.05) is 30.1 Å². The molecular formula is C19H20N4O2. The first-order valence-corrected chi connectivity index (χ1v) is 8.46. The van der Waals surface area contributed by atoms with E-state index >= 15 is 0 Å². The molecule has 1 saturated heterocycles. The number of methoxy groups -OCH3 is 1. The number of likely N-dealkylation sites (tertiary alicyclic amines) is 1. The van der Waals surface area contributed by atoms with E-state index in [0.29, 0.717) is 6.54 Å². The number of carbonyl (C=O) groups excluding carboxylic acids is 1. The highest BCUT2D eigenvalue weighted by molar-refractivity contribution is 5.77. The van der Waals surface area contributed by atoms with Gasteiger partial charge in [-0.1, -0.05) is 30.3 Å². The minimum Gasteiger partial charge on any atom is -0.468 e. The molecular weight excluding hydrogens is 316 g/mol.